The van der Waals surface area contributed by atoms with Gasteiger partial charge in [0, 0.05) is 23.7 Å². The van der Waals surface area contributed by atoms with Gasteiger partial charge in [0.25, 0.3) is 11.8 Å². The number of carbonyl (C=O) groups is 3. The summed E-state index contributed by atoms with van der Waals surface area (Å²) in [5, 5.41) is 5.69. The number of nitrogens with one attached hydrogen (secondary N) is 2. The number of esters is 1. The van der Waals surface area contributed by atoms with Crippen LogP contribution in [0, 0.1) is 0 Å². The van der Waals surface area contributed by atoms with E-state index in [1.54, 1.807) is 43.3 Å². The predicted octanol–water partition coefficient (Wildman–Crippen LogP) is 2.69. The molecule has 2 amide bonds. The lowest BCUT2D eigenvalue weighted by Crippen LogP contribution is -2.48. The Bertz CT molecular complexity index is 918. The number of anilines is 1. The zero-order valence-electron chi connectivity index (χ0n) is 15.0. The number of cyclic esters (lactones) is 1. The second kappa shape index (κ2) is 6.54. The summed E-state index contributed by atoms with van der Waals surface area (Å²) in [5.41, 5.74) is 1.09. The molecule has 138 valence electrons. The molecule has 6 nitrogen and oxygen atoms in total. The van der Waals surface area contributed by atoms with E-state index in [9.17, 15) is 14.4 Å². The molecule has 1 aliphatic carbocycles. The molecule has 0 spiro atoms. The second-order valence-electron chi connectivity index (χ2n) is 7.23. The van der Waals surface area contributed by atoms with Crippen LogP contribution in [-0.2, 0) is 16.0 Å². The Kier molecular flexibility index (Phi) is 4.18. The van der Waals surface area contributed by atoms with Crippen LogP contribution in [0.4, 0.5) is 5.69 Å². The molecule has 0 saturated heterocycles. The number of fused-ring (bicyclic) bond motifs is 1. The van der Waals surface area contributed by atoms with E-state index < -0.39 is 17.5 Å². The highest BCUT2D eigenvalue weighted by molar-refractivity contribution is 6.02. The minimum atomic E-state index is -1.28. The first-order valence-corrected chi connectivity index (χ1v) is 8.98. The first-order valence-electron chi connectivity index (χ1n) is 8.98. The van der Waals surface area contributed by atoms with Crippen molar-refractivity contribution < 1.29 is 19.1 Å². The minimum absolute atomic E-state index is 0.111. The third-order valence-electron chi connectivity index (χ3n) is 4.88. The number of rotatable bonds is 4. The van der Waals surface area contributed by atoms with Gasteiger partial charge in [0.15, 0.2) is 5.60 Å². The minimum Gasteiger partial charge on any atom is -0.445 e. The predicted molar refractivity (Wildman–Crippen MR) is 99.5 cm³/mol. The van der Waals surface area contributed by atoms with Crippen molar-refractivity contribution in [1.29, 1.82) is 0 Å². The Balaban J connectivity index is 1.45. The van der Waals surface area contributed by atoms with E-state index in [4.69, 9.17) is 4.74 Å². The van der Waals surface area contributed by atoms with E-state index in [2.05, 4.69) is 10.6 Å². The number of amides is 2. The molecule has 27 heavy (non-hydrogen) atoms. The third kappa shape index (κ3) is 3.56. The van der Waals surface area contributed by atoms with Crippen LogP contribution in [0.3, 0.4) is 0 Å². The summed E-state index contributed by atoms with van der Waals surface area (Å²) in [7, 11) is 0. The molecule has 2 aliphatic rings. The van der Waals surface area contributed by atoms with E-state index in [0.29, 0.717) is 29.3 Å². The Morgan fingerprint density at radius 2 is 1.78 bits per heavy atom. The van der Waals surface area contributed by atoms with Gasteiger partial charge in [0.2, 0.25) is 0 Å². The maximum Gasteiger partial charge on any atom is 0.339 e. The summed E-state index contributed by atoms with van der Waals surface area (Å²) in [6.45, 7) is 1.60. The molecule has 6 heteroatoms. The molecule has 2 aromatic rings. The van der Waals surface area contributed by atoms with Crippen molar-refractivity contribution >= 4 is 23.5 Å². The van der Waals surface area contributed by atoms with Gasteiger partial charge >= 0.3 is 5.97 Å². The molecule has 1 heterocycles. The molecular formula is C21H20N2O4. The van der Waals surface area contributed by atoms with Gasteiger partial charge in [0.1, 0.15) is 0 Å². The Hall–Kier alpha value is -3.15. The molecule has 1 fully saturated rings. The van der Waals surface area contributed by atoms with Gasteiger partial charge in [-0.15, -0.1) is 0 Å². The summed E-state index contributed by atoms with van der Waals surface area (Å²) in [6.07, 6.45) is 2.36. The van der Waals surface area contributed by atoms with Crippen LogP contribution in [0.25, 0.3) is 0 Å². The summed E-state index contributed by atoms with van der Waals surface area (Å²) < 4.78 is 5.43. The maximum absolute atomic E-state index is 12.7. The van der Waals surface area contributed by atoms with Gasteiger partial charge in [0.05, 0.1) is 5.56 Å². The Morgan fingerprint density at radius 3 is 2.48 bits per heavy atom. The number of carbonyl (C=O) groups excluding carboxylic acids is 3. The fourth-order valence-electron chi connectivity index (χ4n) is 3.12. The standard InChI is InChI=1S/C21H20N2O4/c1-21(12-14-4-2-3-5-17(14)19(25)27-21)20(26)23-16-8-6-13(7-9-16)18(24)22-15-10-11-15/h2-9,15H,10-12H2,1H3,(H,22,24)(H,23,26). The average molecular weight is 364 g/mol. The first kappa shape index (κ1) is 17.3. The van der Waals surface area contributed by atoms with Crippen molar-refractivity contribution in [3.63, 3.8) is 0 Å². The smallest absolute Gasteiger partial charge is 0.339 e. The number of benzene rings is 2. The topological polar surface area (TPSA) is 84.5 Å². The lowest BCUT2D eigenvalue weighted by Gasteiger charge is -2.33. The monoisotopic (exact) mass is 364 g/mol. The summed E-state index contributed by atoms with van der Waals surface area (Å²) >= 11 is 0. The van der Waals surface area contributed by atoms with E-state index in [-0.39, 0.29) is 5.91 Å². The number of hydrogen-bond acceptors (Lipinski definition) is 4. The molecular weight excluding hydrogens is 344 g/mol. The van der Waals surface area contributed by atoms with E-state index >= 15 is 0 Å². The SMILES string of the molecule is CC1(C(=O)Nc2ccc(C(=O)NC3CC3)cc2)Cc2ccccc2C(=O)O1. The summed E-state index contributed by atoms with van der Waals surface area (Å²) in [5.74, 6) is -1.01. The summed E-state index contributed by atoms with van der Waals surface area (Å²) in [6, 6.07) is 14.1. The second-order valence-corrected chi connectivity index (χ2v) is 7.23. The van der Waals surface area contributed by atoms with E-state index in [0.717, 1.165) is 18.4 Å². The lowest BCUT2D eigenvalue weighted by atomic mass is 9.89. The molecule has 0 radical (unpaired) electrons. The zero-order valence-corrected chi connectivity index (χ0v) is 15.0. The first-order chi connectivity index (χ1) is 12.9. The molecule has 1 saturated carbocycles. The average Bonchev–Trinajstić information content (AvgIpc) is 3.46. The van der Waals surface area contributed by atoms with Crippen molar-refractivity contribution in [2.24, 2.45) is 0 Å². The highest BCUT2D eigenvalue weighted by atomic mass is 16.6. The van der Waals surface area contributed by atoms with E-state index in [1.807, 2.05) is 12.1 Å². The quantitative estimate of drug-likeness (QED) is 0.817. The molecule has 0 bridgehead atoms. The molecule has 2 N–H and O–H groups in total. The van der Waals surface area contributed by atoms with Gasteiger partial charge in [-0.1, -0.05) is 18.2 Å². The van der Waals surface area contributed by atoms with Crippen LogP contribution in [0.5, 0.6) is 0 Å². The van der Waals surface area contributed by atoms with Crippen LogP contribution in [0.2, 0.25) is 0 Å². The molecule has 0 aromatic heterocycles. The zero-order chi connectivity index (χ0) is 19.0. The third-order valence-corrected chi connectivity index (χ3v) is 4.88. The Labute approximate surface area is 156 Å². The lowest BCUT2D eigenvalue weighted by molar-refractivity contribution is -0.134. The van der Waals surface area contributed by atoms with Crippen LogP contribution in [0.15, 0.2) is 48.5 Å². The molecule has 4 rings (SSSR count). The van der Waals surface area contributed by atoms with Gasteiger partial charge in [-0.2, -0.15) is 0 Å². The highest BCUT2D eigenvalue weighted by Crippen LogP contribution is 2.29. The molecule has 1 aliphatic heterocycles. The van der Waals surface area contributed by atoms with Crippen molar-refractivity contribution in [2.75, 3.05) is 5.32 Å². The maximum atomic E-state index is 12.7. The van der Waals surface area contributed by atoms with Crippen molar-refractivity contribution in [1.82, 2.24) is 5.32 Å². The van der Waals surface area contributed by atoms with Gasteiger partial charge in [-0.3, -0.25) is 9.59 Å². The number of ether oxygens (including phenoxy) is 1. The highest BCUT2D eigenvalue weighted by Gasteiger charge is 2.42. The molecule has 1 atom stereocenters. The molecule has 1 unspecified atom stereocenters. The molecule has 2 aromatic carbocycles. The van der Waals surface area contributed by atoms with Crippen LogP contribution < -0.4 is 10.6 Å². The van der Waals surface area contributed by atoms with Crippen molar-refractivity contribution in [3.8, 4) is 0 Å². The van der Waals surface area contributed by atoms with E-state index in [1.165, 1.54) is 0 Å². The fourth-order valence-corrected chi connectivity index (χ4v) is 3.12. The van der Waals surface area contributed by atoms with Crippen molar-refractivity contribution in [2.45, 2.75) is 37.8 Å². The largest absolute Gasteiger partial charge is 0.445 e. The van der Waals surface area contributed by atoms with Gasteiger partial charge in [-0.05, 0) is 55.7 Å². The van der Waals surface area contributed by atoms with Crippen LogP contribution in [-0.4, -0.2) is 29.4 Å². The van der Waals surface area contributed by atoms with Crippen LogP contribution >= 0.6 is 0 Å². The normalized spacial score (nSPS) is 21.0. The van der Waals surface area contributed by atoms with Gasteiger partial charge < -0.3 is 15.4 Å². The van der Waals surface area contributed by atoms with Crippen LogP contribution in [0.1, 0.15) is 46.0 Å². The Morgan fingerprint density at radius 1 is 1.07 bits per heavy atom. The van der Waals surface area contributed by atoms with Gasteiger partial charge in [-0.25, -0.2) is 4.79 Å². The fraction of sp³-hybridized carbons (Fsp3) is 0.286. The summed E-state index contributed by atoms with van der Waals surface area (Å²) in [4.78, 5) is 37.0. The number of hydrogen-bond donors (Lipinski definition) is 2. The van der Waals surface area contributed by atoms with Crippen molar-refractivity contribution in [3.05, 3.63) is 65.2 Å².